The first-order valence-corrected chi connectivity index (χ1v) is 15.3. The van der Waals surface area contributed by atoms with Crippen molar-refractivity contribution in [2.75, 3.05) is 20.3 Å². The molecule has 13 nitrogen and oxygen atoms in total. The Balaban J connectivity index is 1.39. The van der Waals surface area contributed by atoms with Gasteiger partial charge in [-0.05, 0) is 78.0 Å². The quantitative estimate of drug-likeness (QED) is 0.0555. The van der Waals surface area contributed by atoms with Gasteiger partial charge in [-0.25, -0.2) is 10.2 Å². The average molecular weight is 760 g/mol. The summed E-state index contributed by atoms with van der Waals surface area (Å²) in [5.74, 6) is 0.238. The second kappa shape index (κ2) is 16.0. The SMILES string of the molecule is CCOC(=O)C1=C(C)NC(=S)N[C@H]1c1ccccc1OCC(=O)NN=Cc1cc(I)c(OCc2cccc([N+](=O)[O-])c2)c(OC)c1. The van der Waals surface area contributed by atoms with E-state index in [1.54, 1.807) is 62.4 Å². The topological polar surface area (TPSA) is 163 Å². The Kier molecular flexibility index (Phi) is 11.9. The number of hydrogen-bond donors (Lipinski definition) is 3. The van der Waals surface area contributed by atoms with E-state index in [1.165, 1.54) is 25.5 Å². The molecule has 1 atom stereocenters. The number of carbonyl (C=O) groups excluding carboxylic acids is 2. The van der Waals surface area contributed by atoms with Gasteiger partial charge in [-0.1, -0.05) is 30.3 Å². The molecule has 1 aliphatic rings. The highest BCUT2D eigenvalue weighted by Gasteiger charge is 2.32. The predicted octanol–water partition coefficient (Wildman–Crippen LogP) is 4.67. The van der Waals surface area contributed by atoms with Crippen LogP contribution in [-0.4, -0.2) is 48.5 Å². The Morgan fingerprint density at radius 2 is 1.91 bits per heavy atom. The van der Waals surface area contributed by atoms with Gasteiger partial charge >= 0.3 is 5.97 Å². The van der Waals surface area contributed by atoms with Gasteiger partial charge in [0.2, 0.25) is 0 Å². The first-order chi connectivity index (χ1) is 22.1. The number of thiocarbonyl (C=S) groups is 1. The van der Waals surface area contributed by atoms with E-state index in [-0.39, 0.29) is 25.5 Å². The maximum atomic E-state index is 12.8. The number of para-hydroxylation sites is 1. The Morgan fingerprint density at radius 3 is 2.65 bits per heavy atom. The molecule has 3 aromatic carbocycles. The number of nitrogens with one attached hydrogen (secondary N) is 3. The zero-order valence-electron chi connectivity index (χ0n) is 25.0. The number of rotatable bonds is 13. The van der Waals surface area contributed by atoms with Crippen LogP contribution in [0.25, 0.3) is 0 Å². The third-order valence-corrected chi connectivity index (χ3v) is 7.53. The molecule has 0 saturated carbocycles. The zero-order valence-corrected chi connectivity index (χ0v) is 28.0. The van der Waals surface area contributed by atoms with Gasteiger partial charge in [-0.3, -0.25) is 14.9 Å². The summed E-state index contributed by atoms with van der Waals surface area (Å²) in [6, 6.07) is 16.0. The van der Waals surface area contributed by atoms with Crippen molar-refractivity contribution in [3.05, 3.63) is 102 Å². The Hall–Kier alpha value is -4.77. The number of ether oxygens (including phenoxy) is 4. The minimum absolute atomic E-state index is 0.0233. The molecule has 1 aliphatic heterocycles. The summed E-state index contributed by atoms with van der Waals surface area (Å²) in [6.45, 7) is 3.41. The highest BCUT2D eigenvalue weighted by molar-refractivity contribution is 14.1. The number of carbonyl (C=O) groups is 2. The van der Waals surface area contributed by atoms with Gasteiger partial charge in [0.1, 0.15) is 12.4 Å². The van der Waals surface area contributed by atoms with Crippen molar-refractivity contribution in [3.8, 4) is 17.2 Å². The van der Waals surface area contributed by atoms with Crippen molar-refractivity contribution in [2.45, 2.75) is 26.5 Å². The van der Waals surface area contributed by atoms with Gasteiger partial charge < -0.3 is 29.6 Å². The van der Waals surface area contributed by atoms with Crippen LogP contribution in [-0.2, 0) is 20.9 Å². The van der Waals surface area contributed by atoms with Crippen molar-refractivity contribution < 1.29 is 33.5 Å². The number of non-ortho nitro benzene ring substituents is 1. The van der Waals surface area contributed by atoms with Crippen molar-refractivity contribution in [2.24, 2.45) is 5.10 Å². The smallest absolute Gasteiger partial charge is 0.338 e. The number of allylic oxidation sites excluding steroid dienone is 1. The van der Waals surface area contributed by atoms with Crippen molar-refractivity contribution in [3.63, 3.8) is 0 Å². The summed E-state index contributed by atoms with van der Waals surface area (Å²) in [4.78, 5) is 36.0. The van der Waals surface area contributed by atoms with Gasteiger partial charge in [0.25, 0.3) is 11.6 Å². The van der Waals surface area contributed by atoms with Crippen LogP contribution >= 0.6 is 34.8 Å². The van der Waals surface area contributed by atoms with Crippen LogP contribution in [0.3, 0.4) is 0 Å². The van der Waals surface area contributed by atoms with Crippen LogP contribution in [0, 0.1) is 13.7 Å². The van der Waals surface area contributed by atoms with Gasteiger partial charge in [-0.2, -0.15) is 5.10 Å². The van der Waals surface area contributed by atoms with E-state index in [4.69, 9.17) is 31.2 Å². The number of hydrazone groups is 1. The number of benzene rings is 3. The summed E-state index contributed by atoms with van der Waals surface area (Å²) in [7, 11) is 1.49. The number of esters is 1. The number of halogens is 1. The van der Waals surface area contributed by atoms with Crippen molar-refractivity contribution in [1.29, 1.82) is 0 Å². The molecule has 0 spiro atoms. The molecule has 0 unspecified atom stereocenters. The minimum atomic E-state index is -0.652. The Labute approximate surface area is 283 Å². The zero-order chi connectivity index (χ0) is 33.2. The van der Waals surface area contributed by atoms with E-state index in [0.717, 1.165) is 0 Å². The fourth-order valence-corrected chi connectivity index (χ4v) is 5.53. The maximum Gasteiger partial charge on any atom is 0.338 e. The molecule has 3 aromatic rings. The Morgan fingerprint density at radius 1 is 1.13 bits per heavy atom. The lowest BCUT2D eigenvalue weighted by atomic mass is 9.95. The summed E-state index contributed by atoms with van der Waals surface area (Å²) in [6.07, 6.45) is 1.44. The molecule has 46 heavy (non-hydrogen) atoms. The maximum absolute atomic E-state index is 12.8. The molecule has 0 radical (unpaired) electrons. The minimum Gasteiger partial charge on any atom is -0.493 e. The standard InChI is InChI=1S/C31H30IN5O8S/c1-4-43-30(39)27-18(2)34-31(46)35-28(27)22-10-5-6-11-24(22)44-17-26(38)36-33-15-20-13-23(32)29(25(14-20)42-3)45-16-19-8-7-9-21(12-19)37(40)41/h5-15,28H,4,16-17H2,1-3H3,(H,36,38)(H2,34,35,46)/t28-/m0/s1. The third-order valence-electron chi connectivity index (χ3n) is 6.51. The van der Waals surface area contributed by atoms with Crippen LogP contribution in [0.5, 0.6) is 17.2 Å². The molecule has 0 fully saturated rings. The van der Waals surface area contributed by atoms with Gasteiger partial charge in [0.15, 0.2) is 23.2 Å². The van der Waals surface area contributed by atoms with E-state index >= 15 is 0 Å². The summed E-state index contributed by atoms with van der Waals surface area (Å²) in [5, 5.41) is 21.5. The lowest BCUT2D eigenvalue weighted by Gasteiger charge is -2.30. The fourth-order valence-electron chi connectivity index (χ4n) is 4.48. The number of nitrogens with zero attached hydrogens (tertiary/aromatic N) is 2. The van der Waals surface area contributed by atoms with E-state index in [2.05, 4.69) is 43.8 Å². The number of nitro benzene ring substituents is 1. The van der Waals surface area contributed by atoms with Crippen LogP contribution in [0.4, 0.5) is 5.69 Å². The van der Waals surface area contributed by atoms with Crippen molar-refractivity contribution in [1.82, 2.24) is 16.1 Å². The predicted molar refractivity (Wildman–Crippen MR) is 182 cm³/mol. The second-order valence-corrected chi connectivity index (χ2v) is 11.2. The molecule has 0 bridgehead atoms. The molecule has 0 aliphatic carbocycles. The molecule has 1 heterocycles. The van der Waals surface area contributed by atoms with Crippen molar-refractivity contribution >= 4 is 63.7 Å². The van der Waals surface area contributed by atoms with Crippen LogP contribution < -0.4 is 30.3 Å². The monoisotopic (exact) mass is 759 g/mol. The summed E-state index contributed by atoms with van der Waals surface area (Å²) < 4.78 is 23.2. The fraction of sp³-hybridized carbons (Fsp3) is 0.226. The number of amides is 1. The average Bonchev–Trinajstić information content (AvgIpc) is 3.03. The molecule has 1 amide bonds. The highest BCUT2D eigenvalue weighted by atomic mass is 127. The third kappa shape index (κ3) is 8.69. The van der Waals surface area contributed by atoms with Gasteiger partial charge in [-0.15, -0.1) is 0 Å². The van der Waals surface area contributed by atoms with E-state index in [0.29, 0.717) is 53.9 Å². The van der Waals surface area contributed by atoms with Gasteiger partial charge in [0, 0.05) is 23.4 Å². The summed E-state index contributed by atoms with van der Waals surface area (Å²) in [5.41, 5.74) is 5.17. The second-order valence-electron chi connectivity index (χ2n) is 9.66. The van der Waals surface area contributed by atoms with Crippen LogP contribution in [0.15, 0.2) is 77.0 Å². The molecule has 0 aromatic heterocycles. The highest BCUT2D eigenvalue weighted by Crippen LogP contribution is 2.35. The Bertz CT molecular complexity index is 1710. The molecular weight excluding hydrogens is 729 g/mol. The van der Waals surface area contributed by atoms with E-state index < -0.39 is 22.8 Å². The molecule has 3 N–H and O–H groups in total. The van der Waals surface area contributed by atoms with E-state index in [9.17, 15) is 19.7 Å². The number of nitro groups is 1. The molecule has 240 valence electrons. The molecule has 4 rings (SSSR count). The summed E-state index contributed by atoms with van der Waals surface area (Å²) >= 11 is 7.39. The first kappa shape index (κ1) is 34.1. The van der Waals surface area contributed by atoms with Crippen LogP contribution in [0.2, 0.25) is 0 Å². The largest absolute Gasteiger partial charge is 0.493 e. The number of hydrogen-bond acceptors (Lipinski definition) is 10. The normalized spacial score (nSPS) is 14.3. The number of methoxy groups -OCH3 is 1. The lowest BCUT2D eigenvalue weighted by molar-refractivity contribution is -0.384. The molecule has 15 heteroatoms. The van der Waals surface area contributed by atoms with Crippen LogP contribution in [0.1, 0.15) is 36.6 Å². The lowest BCUT2D eigenvalue weighted by Crippen LogP contribution is -2.45. The van der Waals surface area contributed by atoms with Gasteiger partial charge in [0.05, 0.1) is 40.0 Å². The van der Waals surface area contributed by atoms with E-state index in [1.807, 2.05) is 0 Å². The molecular formula is C31H30IN5O8S. The molecule has 0 saturated heterocycles. The first-order valence-electron chi connectivity index (χ1n) is 13.8.